The van der Waals surface area contributed by atoms with Crippen molar-refractivity contribution in [3.8, 4) is 0 Å². The average molecular weight is 354 g/mol. The van der Waals surface area contributed by atoms with Gasteiger partial charge in [0.2, 0.25) is 0 Å². The quantitative estimate of drug-likeness (QED) is 0.826. The van der Waals surface area contributed by atoms with Gasteiger partial charge in [-0.3, -0.25) is 4.79 Å². The van der Waals surface area contributed by atoms with Crippen LogP contribution < -0.4 is 10.8 Å². The molecule has 5 nitrogen and oxygen atoms in total. The van der Waals surface area contributed by atoms with Crippen LogP contribution in [0.25, 0.3) is 10.8 Å². The van der Waals surface area contributed by atoms with E-state index in [4.69, 9.17) is 4.84 Å². The number of piperidine rings is 1. The summed E-state index contributed by atoms with van der Waals surface area (Å²) in [6, 6.07) is 11.5. The summed E-state index contributed by atoms with van der Waals surface area (Å²) in [5.41, 5.74) is 3.66. The van der Waals surface area contributed by atoms with E-state index in [1.165, 1.54) is 0 Å². The SMILES string of the molecule is Cc1ccc2ccccc2c1C(=O)ONC(=O)CC(C)C1CCNCC1. The molecule has 1 atom stereocenters. The van der Waals surface area contributed by atoms with Crippen molar-refractivity contribution in [2.45, 2.75) is 33.1 Å². The van der Waals surface area contributed by atoms with E-state index >= 15 is 0 Å². The minimum absolute atomic E-state index is 0.248. The summed E-state index contributed by atoms with van der Waals surface area (Å²) in [6.07, 6.45) is 2.54. The molecule has 1 aliphatic rings. The molecule has 0 bridgehead atoms. The van der Waals surface area contributed by atoms with Gasteiger partial charge >= 0.3 is 5.97 Å². The Morgan fingerprint density at radius 3 is 2.69 bits per heavy atom. The van der Waals surface area contributed by atoms with Gasteiger partial charge in [0.15, 0.2) is 0 Å². The van der Waals surface area contributed by atoms with E-state index in [0.717, 1.165) is 42.3 Å². The Kier molecular flexibility index (Phi) is 5.89. The van der Waals surface area contributed by atoms with Crippen molar-refractivity contribution in [3.05, 3.63) is 47.5 Å². The summed E-state index contributed by atoms with van der Waals surface area (Å²) >= 11 is 0. The number of carbonyl (C=O) groups excluding carboxylic acids is 2. The first-order chi connectivity index (χ1) is 12.6. The van der Waals surface area contributed by atoms with Gasteiger partial charge < -0.3 is 10.2 Å². The van der Waals surface area contributed by atoms with Crippen LogP contribution in [0.3, 0.4) is 0 Å². The predicted octanol–water partition coefficient (Wildman–Crippen LogP) is 3.36. The van der Waals surface area contributed by atoms with Crippen LogP contribution in [0.4, 0.5) is 0 Å². The highest BCUT2D eigenvalue weighted by Gasteiger charge is 2.23. The highest BCUT2D eigenvalue weighted by molar-refractivity contribution is 6.06. The molecule has 1 fully saturated rings. The summed E-state index contributed by atoms with van der Waals surface area (Å²) in [4.78, 5) is 29.8. The van der Waals surface area contributed by atoms with E-state index in [1.807, 2.05) is 43.3 Å². The molecule has 1 aliphatic heterocycles. The van der Waals surface area contributed by atoms with E-state index < -0.39 is 5.97 Å². The lowest BCUT2D eigenvalue weighted by Gasteiger charge is -2.27. The van der Waals surface area contributed by atoms with Crippen LogP contribution in [0, 0.1) is 18.8 Å². The average Bonchev–Trinajstić information content (AvgIpc) is 2.66. The first kappa shape index (κ1) is 18.4. The van der Waals surface area contributed by atoms with Gasteiger partial charge in [0, 0.05) is 6.42 Å². The minimum Gasteiger partial charge on any atom is -0.335 e. The summed E-state index contributed by atoms with van der Waals surface area (Å²) in [5, 5.41) is 5.13. The Labute approximate surface area is 154 Å². The normalized spacial score (nSPS) is 16.2. The maximum atomic E-state index is 12.5. The largest absolute Gasteiger partial charge is 0.363 e. The molecule has 1 saturated heterocycles. The monoisotopic (exact) mass is 354 g/mol. The van der Waals surface area contributed by atoms with Gasteiger partial charge in [-0.15, -0.1) is 0 Å². The topological polar surface area (TPSA) is 67.4 Å². The number of aryl methyl sites for hydroxylation is 1. The number of fused-ring (bicyclic) bond motifs is 1. The standard InChI is InChI=1S/C21H26N2O3/c1-14-7-8-17-5-3-4-6-18(17)20(14)21(25)26-23-19(24)13-15(2)16-9-11-22-12-10-16/h3-8,15-16,22H,9-13H2,1-2H3,(H,23,24). The van der Waals surface area contributed by atoms with Crippen LogP contribution in [0.15, 0.2) is 36.4 Å². The predicted molar refractivity (Wildman–Crippen MR) is 102 cm³/mol. The van der Waals surface area contributed by atoms with E-state index in [2.05, 4.69) is 17.7 Å². The molecule has 3 rings (SSSR count). The molecule has 0 radical (unpaired) electrons. The van der Waals surface area contributed by atoms with Crippen LogP contribution in [0.1, 0.15) is 42.1 Å². The molecular formula is C21H26N2O3. The second kappa shape index (κ2) is 8.32. The number of hydrogen-bond donors (Lipinski definition) is 2. The number of carbonyl (C=O) groups is 2. The lowest BCUT2D eigenvalue weighted by molar-refractivity contribution is -0.131. The molecule has 0 spiro atoms. The van der Waals surface area contributed by atoms with Gasteiger partial charge in [0.25, 0.3) is 5.91 Å². The third-order valence-electron chi connectivity index (χ3n) is 5.29. The third kappa shape index (κ3) is 4.22. The summed E-state index contributed by atoms with van der Waals surface area (Å²) < 4.78 is 0. The second-order valence-corrected chi connectivity index (χ2v) is 7.16. The molecule has 0 aromatic heterocycles. The van der Waals surface area contributed by atoms with Crippen molar-refractivity contribution < 1.29 is 14.4 Å². The molecule has 2 N–H and O–H groups in total. The summed E-state index contributed by atoms with van der Waals surface area (Å²) in [5.74, 6) is 0.0394. The van der Waals surface area contributed by atoms with Crippen LogP contribution in [0.2, 0.25) is 0 Å². The van der Waals surface area contributed by atoms with Gasteiger partial charge in [0.05, 0.1) is 5.56 Å². The number of benzene rings is 2. The second-order valence-electron chi connectivity index (χ2n) is 7.16. The van der Waals surface area contributed by atoms with Crippen molar-refractivity contribution in [3.63, 3.8) is 0 Å². The third-order valence-corrected chi connectivity index (χ3v) is 5.29. The van der Waals surface area contributed by atoms with Gasteiger partial charge in [-0.2, -0.15) is 5.48 Å². The summed E-state index contributed by atoms with van der Waals surface area (Å²) in [7, 11) is 0. The Morgan fingerprint density at radius 2 is 1.92 bits per heavy atom. The van der Waals surface area contributed by atoms with E-state index in [0.29, 0.717) is 17.9 Å². The lowest BCUT2D eigenvalue weighted by Crippen LogP contribution is -2.34. The van der Waals surface area contributed by atoms with E-state index in [1.54, 1.807) is 0 Å². The molecule has 1 amide bonds. The van der Waals surface area contributed by atoms with Crippen molar-refractivity contribution in [1.82, 2.24) is 10.8 Å². The van der Waals surface area contributed by atoms with Crippen LogP contribution in [-0.4, -0.2) is 25.0 Å². The zero-order chi connectivity index (χ0) is 18.5. The first-order valence-electron chi connectivity index (χ1n) is 9.25. The zero-order valence-electron chi connectivity index (χ0n) is 15.4. The van der Waals surface area contributed by atoms with E-state index in [-0.39, 0.29) is 11.8 Å². The molecule has 26 heavy (non-hydrogen) atoms. The molecule has 2 aromatic rings. The highest BCUT2D eigenvalue weighted by Crippen LogP contribution is 2.25. The van der Waals surface area contributed by atoms with Crippen LogP contribution >= 0.6 is 0 Å². The fraction of sp³-hybridized carbons (Fsp3) is 0.429. The first-order valence-corrected chi connectivity index (χ1v) is 9.25. The number of amides is 1. The maximum Gasteiger partial charge on any atom is 0.363 e. The lowest BCUT2D eigenvalue weighted by atomic mass is 9.84. The Hall–Kier alpha value is -2.40. The fourth-order valence-electron chi connectivity index (χ4n) is 3.72. The van der Waals surface area contributed by atoms with Crippen LogP contribution in [0.5, 0.6) is 0 Å². The molecular weight excluding hydrogens is 328 g/mol. The Morgan fingerprint density at radius 1 is 1.19 bits per heavy atom. The minimum atomic E-state index is -0.526. The fourth-order valence-corrected chi connectivity index (χ4v) is 3.72. The van der Waals surface area contributed by atoms with Crippen molar-refractivity contribution in [1.29, 1.82) is 0 Å². The van der Waals surface area contributed by atoms with Gasteiger partial charge in [-0.1, -0.05) is 43.3 Å². The smallest absolute Gasteiger partial charge is 0.335 e. The molecule has 1 unspecified atom stereocenters. The molecule has 0 saturated carbocycles. The summed E-state index contributed by atoms with van der Waals surface area (Å²) in [6.45, 7) is 5.97. The number of nitrogens with one attached hydrogen (secondary N) is 2. The molecule has 0 aliphatic carbocycles. The zero-order valence-corrected chi connectivity index (χ0v) is 15.4. The Bertz CT molecular complexity index is 797. The number of hydrogen-bond acceptors (Lipinski definition) is 4. The maximum absolute atomic E-state index is 12.5. The number of hydroxylamine groups is 1. The molecule has 1 heterocycles. The van der Waals surface area contributed by atoms with Gasteiger partial charge in [0.1, 0.15) is 0 Å². The van der Waals surface area contributed by atoms with E-state index in [9.17, 15) is 9.59 Å². The van der Waals surface area contributed by atoms with Crippen molar-refractivity contribution in [2.75, 3.05) is 13.1 Å². The number of rotatable bonds is 4. The molecule has 2 aromatic carbocycles. The van der Waals surface area contributed by atoms with Crippen molar-refractivity contribution in [2.24, 2.45) is 11.8 Å². The highest BCUT2D eigenvalue weighted by atomic mass is 16.7. The molecule has 138 valence electrons. The molecule has 5 heteroatoms. The van der Waals surface area contributed by atoms with Gasteiger partial charge in [-0.05, 0) is 61.0 Å². The van der Waals surface area contributed by atoms with Gasteiger partial charge in [-0.25, -0.2) is 4.79 Å². The van der Waals surface area contributed by atoms with Crippen LogP contribution in [-0.2, 0) is 9.63 Å². The van der Waals surface area contributed by atoms with Crippen molar-refractivity contribution >= 4 is 22.6 Å². The Balaban J connectivity index is 1.60.